The molecule has 0 bridgehead atoms. The smallest absolute Gasteiger partial charge is 0.416 e. The first-order chi connectivity index (χ1) is 18.5. The van der Waals surface area contributed by atoms with Gasteiger partial charge in [0, 0.05) is 11.8 Å². The summed E-state index contributed by atoms with van der Waals surface area (Å²) < 4.78 is 85.3. The zero-order valence-electron chi connectivity index (χ0n) is 21.0. The number of esters is 1. The van der Waals surface area contributed by atoms with Crippen LogP contribution < -0.4 is 14.8 Å². The Morgan fingerprint density at radius 1 is 0.974 bits per heavy atom. The molecule has 0 unspecified atom stereocenters. The third-order valence-electron chi connectivity index (χ3n) is 5.92. The van der Waals surface area contributed by atoms with Gasteiger partial charge in [-0.25, -0.2) is 13.6 Å². The summed E-state index contributed by atoms with van der Waals surface area (Å²) in [5.41, 5.74) is -1.03. The van der Waals surface area contributed by atoms with E-state index in [0.29, 0.717) is 18.4 Å². The lowest BCUT2D eigenvalue weighted by atomic mass is 9.98. The van der Waals surface area contributed by atoms with Gasteiger partial charge < -0.3 is 19.5 Å². The van der Waals surface area contributed by atoms with E-state index in [4.69, 9.17) is 14.2 Å². The fourth-order valence-corrected chi connectivity index (χ4v) is 3.91. The molecular formula is C28H24F5NO5. The molecule has 0 spiro atoms. The number of anilines is 1. The quantitative estimate of drug-likeness (QED) is 0.227. The van der Waals surface area contributed by atoms with Crippen molar-refractivity contribution in [3.63, 3.8) is 0 Å². The highest BCUT2D eigenvalue weighted by Crippen LogP contribution is 2.48. The van der Waals surface area contributed by atoms with E-state index in [1.165, 1.54) is 24.3 Å². The number of amides is 1. The lowest BCUT2D eigenvalue weighted by Gasteiger charge is -2.19. The second-order valence-electron chi connectivity index (χ2n) is 8.91. The van der Waals surface area contributed by atoms with Crippen molar-refractivity contribution in [2.24, 2.45) is 0 Å². The first-order valence-electron chi connectivity index (χ1n) is 12.0. The molecule has 4 rings (SSSR count). The van der Waals surface area contributed by atoms with E-state index < -0.39 is 47.4 Å². The Morgan fingerprint density at radius 2 is 1.72 bits per heavy atom. The largest absolute Gasteiger partial charge is 0.479 e. The van der Waals surface area contributed by atoms with Gasteiger partial charge in [0.15, 0.2) is 18.2 Å². The number of benzene rings is 3. The fourth-order valence-electron chi connectivity index (χ4n) is 3.91. The molecule has 3 aromatic carbocycles. The molecule has 0 saturated heterocycles. The number of rotatable bonds is 9. The number of ether oxygens (including phenoxy) is 3. The first-order valence-corrected chi connectivity index (χ1v) is 12.0. The van der Waals surface area contributed by atoms with Crippen molar-refractivity contribution in [2.45, 2.75) is 38.8 Å². The molecule has 3 aromatic rings. The Kier molecular flexibility index (Phi) is 8.08. The number of halogens is 5. The first kappa shape index (κ1) is 27.9. The predicted molar refractivity (Wildman–Crippen MR) is 131 cm³/mol. The molecule has 39 heavy (non-hydrogen) atoms. The number of nitrogens with one attached hydrogen (secondary N) is 1. The zero-order chi connectivity index (χ0) is 28.3. The van der Waals surface area contributed by atoms with E-state index in [-0.39, 0.29) is 41.0 Å². The van der Waals surface area contributed by atoms with Crippen LogP contribution in [0, 0.1) is 18.6 Å². The van der Waals surface area contributed by atoms with E-state index in [1.54, 1.807) is 13.8 Å². The Labute approximate surface area is 220 Å². The van der Waals surface area contributed by atoms with Crippen LogP contribution in [0.15, 0.2) is 48.5 Å². The highest BCUT2D eigenvalue weighted by atomic mass is 19.4. The SMILES string of the molecule is CCOC(=O)COc1cc(NC(=O)c2cc(C(F)(F)F)c(C3CC3)cc2Oc2ccc(F)cc2C)ccc1F. The molecule has 6 nitrogen and oxygen atoms in total. The normalized spacial score (nSPS) is 13.1. The Bertz CT molecular complexity index is 1400. The maximum absolute atomic E-state index is 14.2. The topological polar surface area (TPSA) is 73.9 Å². The van der Waals surface area contributed by atoms with Crippen LogP contribution in [0.25, 0.3) is 0 Å². The van der Waals surface area contributed by atoms with Gasteiger partial charge in [0.05, 0.1) is 17.7 Å². The van der Waals surface area contributed by atoms with Crippen LogP contribution in [0.2, 0.25) is 0 Å². The summed E-state index contributed by atoms with van der Waals surface area (Å²) in [5, 5.41) is 2.42. The lowest BCUT2D eigenvalue weighted by molar-refractivity contribution is -0.145. The van der Waals surface area contributed by atoms with Gasteiger partial charge in [0.1, 0.15) is 17.3 Å². The van der Waals surface area contributed by atoms with Crippen molar-refractivity contribution in [2.75, 3.05) is 18.5 Å². The van der Waals surface area contributed by atoms with E-state index in [9.17, 15) is 31.5 Å². The van der Waals surface area contributed by atoms with Gasteiger partial charge >= 0.3 is 12.1 Å². The van der Waals surface area contributed by atoms with Gasteiger partial charge in [-0.3, -0.25) is 4.79 Å². The number of alkyl halides is 3. The number of hydrogen-bond donors (Lipinski definition) is 1. The number of aryl methyl sites for hydroxylation is 1. The summed E-state index contributed by atoms with van der Waals surface area (Å²) in [6, 6.07) is 8.77. The molecule has 1 amide bonds. The summed E-state index contributed by atoms with van der Waals surface area (Å²) in [6.07, 6.45) is -3.61. The van der Waals surface area contributed by atoms with Gasteiger partial charge in [-0.05, 0) is 86.2 Å². The molecule has 206 valence electrons. The van der Waals surface area contributed by atoms with Crippen molar-refractivity contribution in [1.29, 1.82) is 0 Å². The second-order valence-corrected chi connectivity index (χ2v) is 8.91. The van der Waals surface area contributed by atoms with Crippen LogP contribution in [-0.4, -0.2) is 25.1 Å². The molecule has 1 fully saturated rings. The average Bonchev–Trinajstić information content (AvgIpc) is 3.71. The van der Waals surface area contributed by atoms with Crippen molar-refractivity contribution >= 4 is 17.6 Å². The van der Waals surface area contributed by atoms with Gasteiger partial charge in [0.2, 0.25) is 0 Å². The minimum absolute atomic E-state index is 0.00486. The Balaban J connectivity index is 1.69. The molecule has 1 saturated carbocycles. The second kappa shape index (κ2) is 11.3. The number of hydrogen-bond acceptors (Lipinski definition) is 5. The minimum atomic E-state index is -4.73. The minimum Gasteiger partial charge on any atom is -0.479 e. The van der Waals surface area contributed by atoms with Crippen molar-refractivity contribution < 1.29 is 45.8 Å². The molecule has 11 heteroatoms. The van der Waals surface area contributed by atoms with E-state index in [1.807, 2.05) is 0 Å². The van der Waals surface area contributed by atoms with E-state index in [2.05, 4.69) is 5.32 Å². The third kappa shape index (κ3) is 6.84. The summed E-state index contributed by atoms with van der Waals surface area (Å²) in [5.74, 6) is -3.77. The summed E-state index contributed by atoms with van der Waals surface area (Å²) in [7, 11) is 0. The van der Waals surface area contributed by atoms with Gasteiger partial charge in [-0.2, -0.15) is 13.2 Å². The predicted octanol–water partition coefficient (Wildman–Crippen LogP) is 7.16. The highest BCUT2D eigenvalue weighted by molar-refractivity contribution is 6.06. The summed E-state index contributed by atoms with van der Waals surface area (Å²) >= 11 is 0. The van der Waals surface area contributed by atoms with Gasteiger partial charge in [0.25, 0.3) is 5.91 Å². The molecule has 1 aliphatic carbocycles. The fraction of sp³-hybridized carbons (Fsp3) is 0.286. The standard InChI is InChI=1S/C28H24F5NO5/c1-3-37-26(35)14-38-25-11-18(7-8-22(25)30)34-27(36)20-12-21(28(31,32)33)19(16-4-5-16)13-24(20)39-23-9-6-17(29)10-15(23)2/h6-13,16H,3-5,14H2,1-2H3,(H,34,36). The van der Waals surface area contributed by atoms with Crippen LogP contribution >= 0.6 is 0 Å². The average molecular weight is 549 g/mol. The number of carbonyl (C=O) groups is 2. The monoisotopic (exact) mass is 549 g/mol. The summed E-state index contributed by atoms with van der Waals surface area (Å²) in [6.45, 7) is 2.66. The van der Waals surface area contributed by atoms with Gasteiger partial charge in [-0.1, -0.05) is 0 Å². The molecule has 0 heterocycles. The van der Waals surface area contributed by atoms with E-state index >= 15 is 0 Å². The molecule has 1 aliphatic rings. The third-order valence-corrected chi connectivity index (χ3v) is 5.92. The van der Waals surface area contributed by atoms with Crippen LogP contribution in [0.4, 0.5) is 27.6 Å². The Morgan fingerprint density at radius 3 is 2.36 bits per heavy atom. The number of carbonyl (C=O) groups excluding carboxylic acids is 2. The van der Waals surface area contributed by atoms with Crippen molar-refractivity contribution in [3.05, 3.63) is 82.4 Å². The van der Waals surface area contributed by atoms with Crippen LogP contribution in [0.3, 0.4) is 0 Å². The highest BCUT2D eigenvalue weighted by Gasteiger charge is 2.40. The summed E-state index contributed by atoms with van der Waals surface area (Å²) in [4.78, 5) is 24.8. The van der Waals surface area contributed by atoms with E-state index in [0.717, 1.165) is 24.3 Å². The van der Waals surface area contributed by atoms with Gasteiger partial charge in [-0.15, -0.1) is 0 Å². The molecule has 0 aromatic heterocycles. The molecule has 0 atom stereocenters. The lowest BCUT2D eigenvalue weighted by Crippen LogP contribution is -2.17. The molecule has 0 radical (unpaired) electrons. The van der Waals surface area contributed by atoms with Crippen LogP contribution in [0.5, 0.6) is 17.2 Å². The molecular weight excluding hydrogens is 525 g/mol. The van der Waals surface area contributed by atoms with Crippen LogP contribution in [0.1, 0.15) is 52.7 Å². The van der Waals surface area contributed by atoms with Crippen LogP contribution in [-0.2, 0) is 15.7 Å². The molecule has 1 N–H and O–H groups in total. The maximum atomic E-state index is 14.2. The zero-order valence-corrected chi connectivity index (χ0v) is 21.0. The molecule has 0 aliphatic heterocycles. The Hall–Kier alpha value is -4.15. The van der Waals surface area contributed by atoms with Crippen molar-refractivity contribution in [1.82, 2.24) is 0 Å². The van der Waals surface area contributed by atoms with Crippen molar-refractivity contribution in [3.8, 4) is 17.2 Å². The maximum Gasteiger partial charge on any atom is 0.416 e.